The van der Waals surface area contributed by atoms with Crippen LogP contribution >= 0.6 is 0 Å². The highest BCUT2D eigenvalue weighted by Gasteiger charge is 2.32. The van der Waals surface area contributed by atoms with E-state index in [-0.39, 0.29) is 18.1 Å². The first-order valence-electron chi connectivity index (χ1n) is 11.8. The quantitative estimate of drug-likeness (QED) is 0.443. The Kier molecular flexibility index (Phi) is 6.43. The summed E-state index contributed by atoms with van der Waals surface area (Å²) in [5, 5.41) is 10.1. The molecule has 2 N–H and O–H groups in total. The summed E-state index contributed by atoms with van der Waals surface area (Å²) in [6, 6.07) is 13.9. The van der Waals surface area contributed by atoms with Gasteiger partial charge in [0.1, 0.15) is 34.2 Å². The number of nitrogens with zero attached hydrogens (tertiary/aromatic N) is 6. The van der Waals surface area contributed by atoms with Crippen LogP contribution in [0.1, 0.15) is 35.2 Å². The Labute approximate surface area is 210 Å². The number of halogens is 3. The van der Waals surface area contributed by atoms with Gasteiger partial charge in [-0.2, -0.15) is 18.4 Å². The average molecular weight is 508 g/mol. The lowest BCUT2D eigenvalue weighted by atomic mass is 10.1. The molecule has 1 aliphatic heterocycles. The maximum Gasteiger partial charge on any atom is 0.433 e. The molecule has 1 unspecified atom stereocenters. The van der Waals surface area contributed by atoms with Crippen LogP contribution in [0, 0.1) is 11.3 Å². The molecule has 1 aromatic carbocycles. The number of nitriles is 1. The van der Waals surface area contributed by atoms with E-state index in [4.69, 9.17) is 5.73 Å². The van der Waals surface area contributed by atoms with E-state index in [9.17, 15) is 23.2 Å². The summed E-state index contributed by atoms with van der Waals surface area (Å²) in [7, 11) is 0. The number of rotatable bonds is 5. The molecule has 4 heterocycles. The first-order chi connectivity index (χ1) is 17.8. The van der Waals surface area contributed by atoms with E-state index >= 15 is 0 Å². The highest BCUT2D eigenvalue weighted by molar-refractivity contribution is 5.89. The Morgan fingerprint density at radius 2 is 1.86 bits per heavy atom. The van der Waals surface area contributed by atoms with Crippen molar-refractivity contribution in [1.82, 2.24) is 19.1 Å². The lowest BCUT2D eigenvalue weighted by molar-refractivity contribution is -0.141. The largest absolute Gasteiger partial charge is 0.433 e. The summed E-state index contributed by atoms with van der Waals surface area (Å²) >= 11 is 0. The summed E-state index contributed by atoms with van der Waals surface area (Å²) in [6.07, 6.45) is -0.387. The Bertz CT molecular complexity index is 1520. The first kappa shape index (κ1) is 24.5. The Balaban J connectivity index is 1.64. The smallest absolute Gasteiger partial charge is 0.355 e. The zero-order chi connectivity index (χ0) is 26.2. The van der Waals surface area contributed by atoms with Crippen molar-refractivity contribution in [3.8, 4) is 6.07 Å². The van der Waals surface area contributed by atoms with Crippen molar-refractivity contribution in [2.24, 2.45) is 5.73 Å². The molecule has 0 saturated carbocycles. The van der Waals surface area contributed by atoms with Crippen LogP contribution in [0.3, 0.4) is 0 Å². The van der Waals surface area contributed by atoms with Gasteiger partial charge in [0, 0.05) is 31.9 Å². The summed E-state index contributed by atoms with van der Waals surface area (Å²) in [5.74, 6) is 0.607. The molecule has 0 radical (unpaired) electrons. The standard InChI is InChI=1S/C26H24F3N7O/c27-26(28,29)21-9-8-18(12-32-21)13-35-16-33-22-20(11-30)24(34-10-4-7-19(31)15-34)36(23(22)25(35)37)14-17-5-2-1-3-6-17/h1-3,5-6,8-9,12,16,19H,4,7,10,13-15,31H2. The molecule has 8 nitrogen and oxygen atoms in total. The minimum Gasteiger partial charge on any atom is -0.355 e. The number of fused-ring (bicyclic) bond motifs is 1. The van der Waals surface area contributed by atoms with E-state index in [0.717, 1.165) is 30.7 Å². The van der Waals surface area contributed by atoms with Gasteiger partial charge in [-0.05, 0) is 30.0 Å². The number of pyridine rings is 1. The summed E-state index contributed by atoms with van der Waals surface area (Å²) < 4.78 is 41.8. The minimum atomic E-state index is -4.55. The molecule has 1 saturated heterocycles. The maximum absolute atomic E-state index is 13.7. The fraction of sp³-hybridized carbons (Fsp3) is 0.308. The van der Waals surface area contributed by atoms with Gasteiger partial charge in [-0.25, -0.2) is 4.98 Å². The zero-order valence-electron chi connectivity index (χ0n) is 19.8. The molecule has 0 aliphatic carbocycles. The number of benzene rings is 1. The normalized spacial score (nSPS) is 16.2. The zero-order valence-corrected chi connectivity index (χ0v) is 19.8. The highest BCUT2D eigenvalue weighted by Crippen LogP contribution is 2.32. The molecule has 37 heavy (non-hydrogen) atoms. The van der Waals surface area contributed by atoms with Gasteiger partial charge in [0.2, 0.25) is 0 Å². The van der Waals surface area contributed by atoms with Crippen LogP contribution in [0.4, 0.5) is 19.0 Å². The van der Waals surface area contributed by atoms with Crippen LogP contribution < -0.4 is 16.2 Å². The van der Waals surface area contributed by atoms with Crippen LogP contribution in [-0.2, 0) is 19.3 Å². The van der Waals surface area contributed by atoms with E-state index in [1.165, 1.54) is 17.0 Å². The van der Waals surface area contributed by atoms with E-state index in [1.54, 1.807) is 0 Å². The van der Waals surface area contributed by atoms with E-state index in [0.29, 0.717) is 42.1 Å². The van der Waals surface area contributed by atoms with Gasteiger partial charge >= 0.3 is 6.18 Å². The highest BCUT2D eigenvalue weighted by atomic mass is 19.4. The van der Waals surface area contributed by atoms with Crippen molar-refractivity contribution in [3.63, 3.8) is 0 Å². The molecule has 0 bridgehead atoms. The third kappa shape index (κ3) is 4.80. The molecule has 0 amide bonds. The van der Waals surface area contributed by atoms with Crippen LogP contribution in [0.2, 0.25) is 0 Å². The molecule has 190 valence electrons. The lowest BCUT2D eigenvalue weighted by Crippen LogP contribution is -2.44. The van der Waals surface area contributed by atoms with Gasteiger partial charge in [0.05, 0.1) is 12.9 Å². The molecule has 3 aromatic heterocycles. The number of anilines is 1. The fourth-order valence-corrected chi connectivity index (χ4v) is 4.80. The number of nitrogens with two attached hydrogens (primary N) is 1. The van der Waals surface area contributed by atoms with Gasteiger partial charge < -0.3 is 15.2 Å². The topological polar surface area (TPSA) is 106 Å². The van der Waals surface area contributed by atoms with Crippen LogP contribution in [0.15, 0.2) is 59.8 Å². The fourth-order valence-electron chi connectivity index (χ4n) is 4.80. The Hall–Kier alpha value is -4.17. The third-order valence-corrected chi connectivity index (χ3v) is 6.52. The Morgan fingerprint density at radius 1 is 1.08 bits per heavy atom. The summed E-state index contributed by atoms with van der Waals surface area (Å²) in [4.78, 5) is 23.7. The molecule has 5 rings (SSSR count). The number of hydrogen-bond donors (Lipinski definition) is 1. The molecular weight excluding hydrogens is 483 g/mol. The second-order valence-corrected chi connectivity index (χ2v) is 9.15. The third-order valence-electron chi connectivity index (χ3n) is 6.52. The van der Waals surface area contributed by atoms with E-state index in [1.807, 2.05) is 39.8 Å². The van der Waals surface area contributed by atoms with Crippen molar-refractivity contribution in [3.05, 3.63) is 87.7 Å². The first-order valence-corrected chi connectivity index (χ1v) is 11.8. The number of aromatic nitrogens is 4. The van der Waals surface area contributed by atoms with E-state index in [2.05, 4.69) is 16.0 Å². The predicted octanol–water partition coefficient (Wildman–Crippen LogP) is 3.51. The van der Waals surface area contributed by atoms with Gasteiger partial charge in [0.15, 0.2) is 0 Å². The molecule has 1 atom stereocenters. The van der Waals surface area contributed by atoms with E-state index < -0.39 is 17.4 Å². The summed E-state index contributed by atoms with van der Waals surface area (Å²) in [5.41, 5.74) is 7.05. The SMILES string of the molecule is N#Cc1c(N2CCCC(N)C2)n(Cc2ccccc2)c2c(=O)n(Cc3ccc(C(F)(F)F)nc3)cnc12. The van der Waals surface area contributed by atoms with Crippen LogP contribution in [0.25, 0.3) is 11.0 Å². The summed E-state index contributed by atoms with van der Waals surface area (Å²) in [6.45, 7) is 1.56. The Morgan fingerprint density at radius 3 is 2.51 bits per heavy atom. The van der Waals surface area contributed by atoms with Crippen molar-refractivity contribution in [1.29, 1.82) is 5.26 Å². The number of alkyl halides is 3. The van der Waals surface area contributed by atoms with Crippen molar-refractivity contribution in [2.75, 3.05) is 18.0 Å². The predicted molar refractivity (Wildman–Crippen MR) is 132 cm³/mol. The van der Waals surface area contributed by atoms with Gasteiger partial charge in [0.25, 0.3) is 5.56 Å². The average Bonchev–Trinajstić information content (AvgIpc) is 3.20. The molecule has 0 spiro atoms. The molecule has 1 aliphatic rings. The van der Waals surface area contributed by atoms with Gasteiger partial charge in [-0.1, -0.05) is 36.4 Å². The molecule has 11 heteroatoms. The van der Waals surface area contributed by atoms with Crippen molar-refractivity contribution < 1.29 is 13.2 Å². The second-order valence-electron chi connectivity index (χ2n) is 9.15. The molecule has 4 aromatic rings. The maximum atomic E-state index is 13.7. The van der Waals surface area contributed by atoms with Crippen molar-refractivity contribution in [2.45, 2.75) is 38.1 Å². The molecule has 1 fully saturated rings. The molecular formula is C26H24F3N7O. The van der Waals surface area contributed by atoms with Crippen molar-refractivity contribution >= 4 is 16.9 Å². The van der Waals surface area contributed by atoms with Gasteiger partial charge in [-0.3, -0.25) is 14.3 Å². The van der Waals surface area contributed by atoms with Crippen LogP contribution in [0.5, 0.6) is 0 Å². The number of hydrogen-bond acceptors (Lipinski definition) is 6. The number of piperidine rings is 1. The minimum absolute atomic E-state index is 0.0186. The van der Waals surface area contributed by atoms with Gasteiger partial charge in [-0.15, -0.1) is 0 Å². The lowest BCUT2D eigenvalue weighted by Gasteiger charge is -2.33. The van der Waals surface area contributed by atoms with Crippen LogP contribution in [-0.4, -0.2) is 38.2 Å². The second kappa shape index (κ2) is 9.71. The monoisotopic (exact) mass is 507 g/mol.